The molecular weight excluding hydrogens is 292 g/mol. The van der Waals surface area contributed by atoms with Crippen LogP contribution >= 0.6 is 22.9 Å². The lowest BCUT2D eigenvalue weighted by atomic mass is 10.3. The van der Waals surface area contributed by atoms with E-state index in [-0.39, 0.29) is 0 Å². The predicted octanol–water partition coefficient (Wildman–Crippen LogP) is 3.90. The van der Waals surface area contributed by atoms with Crippen LogP contribution in [0.4, 0.5) is 5.69 Å². The Balaban J connectivity index is 1.67. The van der Waals surface area contributed by atoms with E-state index in [4.69, 9.17) is 11.6 Å². The summed E-state index contributed by atoms with van der Waals surface area (Å²) in [5.41, 5.74) is 3.11. The predicted molar refractivity (Wildman–Crippen MR) is 82.8 cm³/mol. The molecule has 3 aromatic rings. The number of anilines is 1. The lowest BCUT2D eigenvalue weighted by Gasteiger charge is -2.06. The topological polar surface area (TPSA) is 42.7 Å². The second-order valence-electron chi connectivity index (χ2n) is 4.38. The van der Waals surface area contributed by atoms with Gasteiger partial charge in [0.2, 0.25) is 0 Å². The van der Waals surface area contributed by atoms with Crippen molar-refractivity contribution in [1.82, 2.24) is 14.8 Å². The van der Waals surface area contributed by atoms with Gasteiger partial charge < -0.3 is 5.32 Å². The van der Waals surface area contributed by atoms with Crippen LogP contribution in [0.2, 0.25) is 4.47 Å². The number of benzene rings is 1. The fraction of sp³-hybridized carbons (Fsp3) is 0.143. The molecule has 0 atom stereocenters. The van der Waals surface area contributed by atoms with Crippen molar-refractivity contribution in [2.24, 2.45) is 0 Å². The molecule has 3 rings (SSSR count). The second kappa shape index (κ2) is 5.64. The molecule has 2 heterocycles. The zero-order chi connectivity index (χ0) is 13.9. The maximum absolute atomic E-state index is 5.80. The smallest absolute Gasteiger partial charge is 0.183 e. The molecule has 0 fully saturated rings. The highest BCUT2D eigenvalue weighted by atomic mass is 35.5. The number of aromatic nitrogens is 3. The Labute approximate surface area is 126 Å². The maximum Gasteiger partial charge on any atom is 0.183 e. The van der Waals surface area contributed by atoms with Gasteiger partial charge in [-0.2, -0.15) is 5.10 Å². The van der Waals surface area contributed by atoms with E-state index in [0.717, 1.165) is 28.5 Å². The number of hydrogen-bond donors (Lipinski definition) is 1. The van der Waals surface area contributed by atoms with Gasteiger partial charge in [-0.15, -0.1) is 11.3 Å². The highest BCUT2D eigenvalue weighted by Crippen LogP contribution is 2.19. The first-order chi connectivity index (χ1) is 9.70. The summed E-state index contributed by atoms with van der Waals surface area (Å²) in [6.45, 7) is 2.71. The maximum atomic E-state index is 5.80. The zero-order valence-corrected chi connectivity index (χ0v) is 12.4. The molecule has 0 aliphatic rings. The number of rotatable bonds is 4. The molecule has 0 unspecified atom stereocenters. The lowest BCUT2D eigenvalue weighted by molar-refractivity contribution is 0.862. The van der Waals surface area contributed by atoms with Crippen molar-refractivity contribution in [3.05, 3.63) is 57.8 Å². The Bertz CT molecular complexity index is 702. The molecule has 2 aromatic heterocycles. The molecule has 0 spiro atoms. The molecule has 0 bridgehead atoms. The van der Waals surface area contributed by atoms with Gasteiger partial charge in [-0.1, -0.05) is 11.6 Å². The molecule has 6 heteroatoms. The van der Waals surface area contributed by atoms with Gasteiger partial charge in [0, 0.05) is 23.0 Å². The Kier molecular flexibility index (Phi) is 3.71. The molecule has 0 saturated heterocycles. The molecule has 4 nitrogen and oxygen atoms in total. The molecule has 20 heavy (non-hydrogen) atoms. The molecule has 0 aliphatic heterocycles. The van der Waals surface area contributed by atoms with Gasteiger partial charge in [-0.25, -0.2) is 9.67 Å². The van der Waals surface area contributed by atoms with Crippen LogP contribution in [-0.4, -0.2) is 14.8 Å². The van der Waals surface area contributed by atoms with Gasteiger partial charge >= 0.3 is 0 Å². The third-order valence-corrected chi connectivity index (χ3v) is 3.96. The van der Waals surface area contributed by atoms with Gasteiger partial charge in [-0.3, -0.25) is 0 Å². The molecule has 0 amide bonds. The highest BCUT2D eigenvalue weighted by Gasteiger charge is 2.01. The van der Waals surface area contributed by atoms with Crippen molar-refractivity contribution in [2.75, 3.05) is 5.32 Å². The minimum atomic E-state index is 0.575. The fourth-order valence-electron chi connectivity index (χ4n) is 1.85. The van der Waals surface area contributed by atoms with E-state index in [1.807, 2.05) is 48.1 Å². The van der Waals surface area contributed by atoms with Gasteiger partial charge in [-0.05, 0) is 37.3 Å². The second-order valence-corrected chi connectivity index (χ2v) is 6.08. The molecule has 1 aromatic carbocycles. The Morgan fingerprint density at radius 3 is 2.65 bits per heavy atom. The quantitative estimate of drug-likeness (QED) is 0.795. The Morgan fingerprint density at radius 2 is 2.05 bits per heavy atom. The van der Waals surface area contributed by atoms with E-state index in [0.29, 0.717) is 4.47 Å². The van der Waals surface area contributed by atoms with Crippen molar-refractivity contribution in [2.45, 2.75) is 13.5 Å². The summed E-state index contributed by atoms with van der Waals surface area (Å²) in [7, 11) is 0. The van der Waals surface area contributed by atoms with E-state index in [9.17, 15) is 0 Å². The van der Waals surface area contributed by atoms with Crippen LogP contribution < -0.4 is 5.32 Å². The first kappa shape index (κ1) is 13.1. The first-order valence-electron chi connectivity index (χ1n) is 6.17. The normalized spacial score (nSPS) is 10.7. The summed E-state index contributed by atoms with van der Waals surface area (Å²) in [5, 5.41) is 7.72. The number of hydrogen-bond acceptors (Lipinski definition) is 4. The van der Waals surface area contributed by atoms with E-state index in [1.165, 1.54) is 11.3 Å². The zero-order valence-electron chi connectivity index (χ0n) is 10.9. The summed E-state index contributed by atoms with van der Waals surface area (Å²) in [4.78, 5) is 5.13. The van der Waals surface area contributed by atoms with Crippen molar-refractivity contribution < 1.29 is 0 Å². The average Bonchev–Trinajstić information content (AvgIpc) is 3.06. The van der Waals surface area contributed by atoms with Crippen LogP contribution in [0.1, 0.15) is 10.6 Å². The molecule has 0 radical (unpaired) electrons. The standard InChI is InChI=1S/C14H13ClN4S/c1-10-6-7-19(18-10)12-4-2-11(3-5-12)16-8-13-9-17-14(15)20-13/h2-7,9,16H,8H2,1H3. The number of nitrogens with one attached hydrogen (secondary N) is 1. The van der Waals surface area contributed by atoms with E-state index in [2.05, 4.69) is 15.4 Å². The summed E-state index contributed by atoms with van der Waals surface area (Å²) in [6.07, 6.45) is 3.75. The van der Waals surface area contributed by atoms with E-state index in [1.54, 1.807) is 6.20 Å². The Hall–Kier alpha value is -1.85. The molecule has 102 valence electrons. The van der Waals surface area contributed by atoms with Crippen LogP contribution in [0.15, 0.2) is 42.7 Å². The largest absolute Gasteiger partial charge is 0.380 e. The summed E-state index contributed by atoms with van der Waals surface area (Å²) in [5.74, 6) is 0. The fourth-order valence-corrected chi connectivity index (χ4v) is 2.76. The van der Waals surface area contributed by atoms with E-state index >= 15 is 0 Å². The van der Waals surface area contributed by atoms with Gasteiger partial charge in [0.1, 0.15) is 0 Å². The SMILES string of the molecule is Cc1ccn(-c2ccc(NCc3cnc(Cl)s3)cc2)n1. The Morgan fingerprint density at radius 1 is 1.25 bits per heavy atom. The third kappa shape index (κ3) is 3.00. The number of nitrogens with zero attached hydrogens (tertiary/aromatic N) is 3. The molecular formula is C14H13ClN4S. The van der Waals surface area contributed by atoms with Crippen LogP contribution in [0.3, 0.4) is 0 Å². The minimum Gasteiger partial charge on any atom is -0.380 e. The third-order valence-electron chi connectivity index (χ3n) is 2.85. The van der Waals surface area contributed by atoms with Crippen LogP contribution in [0.5, 0.6) is 0 Å². The number of aryl methyl sites for hydroxylation is 1. The molecule has 0 saturated carbocycles. The summed E-state index contributed by atoms with van der Waals surface area (Å²) in [6, 6.07) is 10.1. The monoisotopic (exact) mass is 304 g/mol. The van der Waals surface area contributed by atoms with E-state index < -0.39 is 0 Å². The van der Waals surface area contributed by atoms with Crippen molar-refractivity contribution in [1.29, 1.82) is 0 Å². The minimum absolute atomic E-state index is 0.575. The van der Waals surface area contributed by atoms with Gasteiger partial charge in [0.05, 0.1) is 17.9 Å². The van der Waals surface area contributed by atoms with Crippen molar-refractivity contribution in [3.63, 3.8) is 0 Å². The number of halogens is 1. The van der Waals surface area contributed by atoms with Gasteiger partial charge in [0.25, 0.3) is 0 Å². The van der Waals surface area contributed by atoms with Crippen LogP contribution in [-0.2, 0) is 6.54 Å². The summed E-state index contributed by atoms with van der Waals surface area (Å²) >= 11 is 7.29. The lowest BCUT2D eigenvalue weighted by Crippen LogP contribution is -1.99. The summed E-state index contributed by atoms with van der Waals surface area (Å²) < 4.78 is 2.44. The first-order valence-corrected chi connectivity index (χ1v) is 7.37. The van der Waals surface area contributed by atoms with Crippen molar-refractivity contribution in [3.8, 4) is 5.69 Å². The number of thiazole rings is 1. The molecule has 1 N–H and O–H groups in total. The van der Waals surface area contributed by atoms with Crippen LogP contribution in [0, 0.1) is 6.92 Å². The molecule has 0 aliphatic carbocycles. The average molecular weight is 305 g/mol. The highest BCUT2D eigenvalue weighted by molar-refractivity contribution is 7.15. The van der Waals surface area contributed by atoms with Crippen molar-refractivity contribution >= 4 is 28.6 Å². The van der Waals surface area contributed by atoms with Crippen LogP contribution in [0.25, 0.3) is 5.69 Å². The van der Waals surface area contributed by atoms with Gasteiger partial charge in [0.15, 0.2) is 4.47 Å².